The van der Waals surface area contributed by atoms with Crippen molar-refractivity contribution in [2.24, 2.45) is 0 Å². The zero-order chi connectivity index (χ0) is 34.3. The van der Waals surface area contributed by atoms with Crippen molar-refractivity contribution in [3.05, 3.63) is 155 Å². The zero-order valence-corrected chi connectivity index (χ0v) is 31.7. The van der Waals surface area contributed by atoms with Crippen LogP contribution in [0, 0.1) is 6.57 Å². The summed E-state index contributed by atoms with van der Waals surface area (Å²) in [5.74, 6) is 3.61. The fraction of sp³-hybridized carbons (Fsp3) is 0.390. The topological polar surface area (TPSA) is 46.9 Å². The maximum absolute atomic E-state index is 7.77. The predicted molar refractivity (Wildman–Crippen MR) is 215 cm³/mol. The lowest BCUT2D eigenvalue weighted by molar-refractivity contribution is 0.0274. The van der Waals surface area contributed by atoms with Gasteiger partial charge in [-0.05, 0) is 48.8 Å². The maximum atomic E-state index is 7.77. The van der Waals surface area contributed by atoms with E-state index in [1.165, 1.54) is 22.3 Å². The molecule has 1 aliphatic rings. The van der Waals surface area contributed by atoms with Crippen molar-refractivity contribution in [3.63, 3.8) is 0 Å². The predicted octanol–water partition coefficient (Wildman–Crippen LogP) is 10.4. The number of nitrogens with one attached hydrogen (secondary N) is 2. The largest absolute Gasteiger partial charge is 0.416 e. The van der Waals surface area contributed by atoms with Crippen LogP contribution in [0.25, 0.3) is 4.85 Å². The molecule has 1 saturated heterocycles. The maximum Gasteiger partial charge on any atom is 0.292 e. The minimum absolute atomic E-state index is 0. The van der Waals surface area contributed by atoms with Crippen LogP contribution >= 0.6 is 23.5 Å². The van der Waals surface area contributed by atoms with Gasteiger partial charge in [-0.3, -0.25) is 10.2 Å². The van der Waals surface area contributed by atoms with E-state index in [1.54, 1.807) is 11.8 Å². The van der Waals surface area contributed by atoms with E-state index < -0.39 is 14.0 Å². The molecule has 0 bridgehead atoms. The Morgan fingerprint density at radius 3 is 1.92 bits per heavy atom. The molecule has 1 heterocycles. The van der Waals surface area contributed by atoms with E-state index in [0.717, 1.165) is 29.6 Å². The molecule has 5 nitrogen and oxygen atoms in total. The second-order valence-corrected chi connectivity index (χ2v) is 20.0. The summed E-state index contributed by atoms with van der Waals surface area (Å²) >= 11 is 3.70. The molecule has 0 amide bonds. The first-order valence-electron chi connectivity index (χ1n) is 16.6. The summed E-state index contributed by atoms with van der Waals surface area (Å²) in [6.07, 6.45) is 0. The molecule has 4 aromatic carbocycles. The molecule has 8 heteroatoms. The highest BCUT2D eigenvalue weighted by Gasteiger charge is 2.36. The number of ether oxygens (including phenoxy) is 1. The zero-order valence-electron chi connectivity index (χ0n) is 29.0. The molecular formula is C41H55N3O2S2Si. The van der Waals surface area contributed by atoms with Gasteiger partial charge in [0, 0.05) is 24.2 Å². The van der Waals surface area contributed by atoms with E-state index >= 15 is 0 Å². The van der Waals surface area contributed by atoms with E-state index in [2.05, 4.69) is 133 Å². The molecule has 0 radical (unpaired) electrons. The third-order valence-corrected chi connectivity index (χ3v) is 11.5. The molecule has 0 aliphatic carbocycles. The Morgan fingerprint density at radius 2 is 1.39 bits per heavy atom. The van der Waals surface area contributed by atoms with Crippen LogP contribution in [-0.2, 0) is 20.7 Å². The fourth-order valence-electron chi connectivity index (χ4n) is 5.27. The molecule has 1 fully saturated rings. The third-order valence-electron chi connectivity index (χ3n) is 7.85. The van der Waals surface area contributed by atoms with Gasteiger partial charge in [-0.2, -0.15) is 11.8 Å². The molecule has 5 rings (SSSR count). The number of rotatable bonds is 15. The Kier molecular flexibility index (Phi) is 16.6. The molecule has 49 heavy (non-hydrogen) atoms. The summed E-state index contributed by atoms with van der Waals surface area (Å²) < 4.78 is 12.2. The SMILES string of the molecule is C.CC1(CSCc2ccccc2)N[C@H](c2ccccc2)CO1.[C-]#[N+][C@](C)(CSCc1ccccc1)N[C@@H](CO[Si](C)(C)C)c1ccccc1. The van der Waals surface area contributed by atoms with E-state index in [0.29, 0.717) is 12.6 Å². The summed E-state index contributed by atoms with van der Waals surface area (Å²) in [6.45, 7) is 19.8. The average Bonchev–Trinajstić information content (AvgIpc) is 3.50. The van der Waals surface area contributed by atoms with Gasteiger partial charge in [0.05, 0.1) is 31.1 Å². The van der Waals surface area contributed by atoms with Crippen LogP contribution in [0.4, 0.5) is 0 Å². The molecule has 0 spiro atoms. The van der Waals surface area contributed by atoms with Crippen LogP contribution in [0.1, 0.15) is 55.6 Å². The Labute approximate surface area is 305 Å². The highest BCUT2D eigenvalue weighted by atomic mass is 32.2. The van der Waals surface area contributed by atoms with E-state index in [1.807, 2.05) is 49.0 Å². The van der Waals surface area contributed by atoms with Crippen molar-refractivity contribution in [1.82, 2.24) is 10.6 Å². The van der Waals surface area contributed by atoms with Crippen molar-refractivity contribution in [3.8, 4) is 0 Å². The van der Waals surface area contributed by atoms with E-state index in [-0.39, 0.29) is 19.2 Å². The van der Waals surface area contributed by atoms with Gasteiger partial charge in [0.1, 0.15) is 5.72 Å². The number of thioether (sulfide) groups is 2. The van der Waals surface area contributed by atoms with Crippen molar-refractivity contribution >= 4 is 31.8 Å². The lowest BCUT2D eigenvalue weighted by Gasteiger charge is -2.28. The molecule has 1 unspecified atom stereocenters. The van der Waals surface area contributed by atoms with Crippen LogP contribution in [0.2, 0.25) is 19.6 Å². The lowest BCUT2D eigenvalue weighted by atomic mass is 10.1. The van der Waals surface area contributed by atoms with Crippen LogP contribution in [0.5, 0.6) is 0 Å². The number of nitrogens with zero attached hydrogens (tertiary/aromatic N) is 1. The minimum atomic E-state index is -1.63. The van der Waals surface area contributed by atoms with Crippen molar-refractivity contribution < 1.29 is 9.16 Å². The van der Waals surface area contributed by atoms with E-state index in [9.17, 15) is 0 Å². The second kappa shape index (κ2) is 20.1. The van der Waals surface area contributed by atoms with Gasteiger partial charge in [-0.15, -0.1) is 11.8 Å². The highest BCUT2D eigenvalue weighted by Crippen LogP contribution is 2.30. The Morgan fingerprint density at radius 1 is 0.878 bits per heavy atom. The van der Waals surface area contributed by atoms with Gasteiger partial charge >= 0.3 is 0 Å². The summed E-state index contributed by atoms with van der Waals surface area (Å²) in [5, 5.41) is 7.20. The van der Waals surface area contributed by atoms with Crippen LogP contribution < -0.4 is 10.6 Å². The van der Waals surface area contributed by atoms with Gasteiger partial charge < -0.3 is 9.16 Å². The molecular weight excluding hydrogens is 659 g/mol. The normalized spacial score (nSPS) is 19.0. The number of hydrogen-bond acceptors (Lipinski definition) is 6. The third kappa shape index (κ3) is 14.5. The first kappa shape index (κ1) is 40.6. The van der Waals surface area contributed by atoms with Gasteiger partial charge in [0.25, 0.3) is 5.66 Å². The Bertz CT molecular complexity index is 1520. The summed E-state index contributed by atoms with van der Waals surface area (Å²) in [5.41, 5.74) is 4.25. The molecule has 2 N–H and O–H groups in total. The molecule has 4 aromatic rings. The Hall–Kier alpha value is -2.87. The summed E-state index contributed by atoms with van der Waals surface area (Å²) in [6, 6.07) is 42.1. The fourth-order valence-corrected chi connectivity index (χ4v) is 8.10. The van der Waals surface area contributed by atoms with Crippen molar-refractivity contribution in [2.45, 2.75) is 75.9 Å². The van der Waals surface area contributed by atoms with Crippen molar-refractivity contribution in [1.29, 1.82) is 0 Å². The quantitative estimate of drug-likeness (QED) is 0.0945. The standard InChI is InChI=1S/C22H30N2OSSi.C18H21NOS.CH4/c1-22(23-2,18-26-17-19-12-8-6-9-13-19)24-21(16-25-27(3,4)5)20-14-10-7-11-15-20;1-18(14-21-13-15-8-4-2-5-9-15)19-17(12-20-18)16-10-6-3-7-11-16;/h6-15,21,24H,16-18H2,1,3-5H3;2-11,17,19H,12-14H2,1H3;1H4/t21-,22-;17-,18?;/m00./s1. The van der Waals surface area contributed by atoms with Gasteiger partial charge in [0.15, 0.2) is 8.32 Å². The van der Waals surface area contributed by atoms with Gasteiger partial charge in [0.2, 0.25) is 0 Å². The Balaban J connectivity index is 0.000000267. The molecule has 0 saturated carbocycles. The summed E-state index contributed by atoms with van der Waals surface area (Å²) in [4.78, 5) is 3.93. The van der Waals surface area contributed by atoms with Crippen LogP contribution in [-0.4, -0.2) is 44.4 Å². The van der Waals surface area contributed by atoms with Crippen molar-refractivity contribution in [2.75, 3.05) is 24.7 Å². The first-order valence-corrected chi connectivity index (χ1v) is 22.3. The molecule has 262 valence electrons. The van der Waals surface area contributed by atoms with Crippen LogP contribution in [0.3, 0.4) is 0 Å². The van der Waals surface area contributed by atoms with Crippen LogP contribution in [0.15, 0.2) is 121 Å². The summed E-state index contributed by atoms with van der Waals surface area (Å²) in [7, 11) is -1.63. The van der Waals surface area contributed by atoms with Gasteiger partial charge in [-0.1, -0.05) is 129 Å². The van der Waals surface area contributed by atoms with Gasteiger partial charge in [-0.25, -0.2) is 11.9 Å². The van der Waals surface area contributed by atoms with E-state index in [4.69, 9.17) is 15.7 Å². The smallest absolute Gasteiger partial charge is 0.292 e. The lowest BCUT2D eigenvalue weighted by Crippen LogP contribution is -2.46. The highest BCUT2D eigenvalue weighted by molar-refractivity contribution is 7.98. The minimum Gasteiger partial charge on any atom is -0.416 e. The number of hydrogen-bond donors (Lipinski definition) is 2. The average molecular weight is 714 g/mol. The molecule has 1 aliphatic heterocycles. The first-order chi connectivity index (χ1) is 23.1. The second-order valence-electron chi connectivity index (χ2n) is 13.5. The molecule has 0 aromatic heterocycles. The number of benzene rings is 4. The monoisotopic (exact) mass is 713 g/mol. The molecule has 4 atom stereocenters.